The van der Waals surface area contributed by atoms with E-state index in [1.54, 1.807) is 31.8 Å². The molecule has 0 atom stereocenters. The van der Waals surface area contributed by atoms with E-state index >= 15 is 0 Å². The summed E-state index contributed by atoms with van der Waals surface area (Å²) in [5, 5.41) is 0.912. The third kappa shape index (κ3) is 0.852. The largest absolute Gasteiger partial charge is 0.493 e. The second-order valence-electron chi connectivity index (χ2n) is 2.18. The SMILES string of the molecule is COc1coc2ccncc12. The van der Waals surface area contributed by atoms with Gasteiger partial charge in [0.05, 0.1) is 12.5 Å². The highest BCUT2D eigenvalue weighted by atomic mass is 16.5. The first-order chi connectivity index (χ1) is 5.42. The first kappa shape index (κ1) is 6.22. The van der Waals surface area contributed by atoms with Crippen molar-refractivity contribution in [2.75, 3.05) is 7.11 Å². The highest BCUT2D eigenvalue weighted by molar-refractivity contribution is 5.82. The number of hydrogen-bond acceptors (Lipinski definition) is 3. The van der Waals surface area contributed by atoms with Crippen molar-refractivity contribution in [3.8, 4) is 5.75 Å². The van der Waals surface area contributed by atoms with Crippen molar-refractivity contribution in [2.45, 2.75) is 0 Å². The molecule has 2 aromatic rings. The Morgan fingerprint density at radius 2 is 2.45 bits per heavy atom. The summed E-state index contributed by atoms with van der Waals surface area (Å²) in [6.07, 6.45) is 4.98. The molecule has 11 heavy (non-hydrogen) atoms. The highest BCUT2D eigenvalue weighted by Crippen LogP contribution is 2.25. The fraction of sp³-hybridized carbons (Fsp3) is 0.125. The monoisotopic (exact) mass is 149 g/mol. The summed E-state index contributed by atoms with van der Waals surface area (Å²) in [4.78, 5) is 3.95. The standard InChI is InChI=1S/C8H7NO2/c1-10-8-5-11-7-2-3-9-4-6(7)8/h2-5H,1H3. The first-order valence-corrected chi connectivity index (χ1v) is 3.27. The normalized spacial score (nSPS) is 10.3. The molecular weight excluding hydrogens is 142 g/mol. The Hall–Kier alpha value is -1.51. The summed E-state index contributed by atoms with van der Waals surface area (Å²) >= 11 is 0. The fourth-order valence-corrected chi connectivity index (χ4v) is 1.01. The van der Waals surface area contributed by atoms with Gasteiger partial charge in [-0.1, -0.05) is 0 Å². The Morgan fingerprint density at radius 1 is 1.55 bits per heavy atom. The molecule has 3 heteroatoms. The minimum atomic E-state index is 0.730. The zero-order valence-electron chi connectivity index (χ0n) is 6.07. The van der Waals surface area contributed by atoms with Crippen LogP contribution in [0.5, 0.6) is 5.75 Å². The molecule has 0 aliphatic heterocycles. The minimum Gasteiger partial charge on any atom is -0.493 e. The number of fused-ring (bicyclic) bond motifs is 1. The van der Waals surface area contributed by atoms with Crippen LogP contribution in [0.2, 0.25) is 0 Å². The van der Waals surface area contributed by atoms with E-state index in [-0.39, 0.29) is 0 Å². The third-order valence-electron chi connectivity index (χ3n) is 1.56. The Labute approximate surface area is 63.6 Å². The average Bonchev–Trinajstić information content (AvgIpc) is 2.47. The number of aromatic nitrogens is 1. The van der Waals surface area contributed by atoms with Gasteiger partial charge in [0.25, 0.3) is 0 Å². The maximum absolute atomic E-state index is 5.17. The molecule has 56 valence electrons. The van der Waals surface area contributed by atoms with Crippen LogP contribution in [0.25, 0.3) is 11.0 Å². The van der Waals surface area contributed by atoms with Gasteiger partial charge in [-0.25, -0.2) is 0 Å². The topological polar surface area (TPSA) is 35.3 Å². The number of pyridine rings is 1. The van der Waals surface area contributed by atoms with Crippen LogP contribution in [0.4, 0.5) is 0 Å². The van der Waals surface area contributed by atoms with E-state index in [1.165, 1.54) is 0 Å². The Balaban J connectivity index is 2.76. The summed E-state index contributed by atoms with van der Waals surface area (Å²) in [6.45, 7) is 0. The van der Waals surface area contributed by atoms with Crippen molar-refractivity contribution in [1.82, 2.24) is 4.98 Å². The van der Waals surface area contributed by atoms with Crippen molar-refractivity contribution < 1.29 is 9.15 Å². The number of furan rings is 1. The molecule has 3 nitrogen and oxygen atoms in total. The van der Waals surface area contributed by atoms with Gasteiger partial charge in [0, 0.05) is 12.4 Å². The zero-order chi connectivity index (χ0) is 7.68. The molecule has 0 aliphatic carbocycles. The Kier molecular flexibility index (Phi) is 1.28. The second-order valence-corrected chi connectivity index (χ2v) is 2.18. The summed E-state index contributed by atoms with van der Waals surface area (Å²) < 4.78 is 10.2. The summed E-state index contributed by atoms with van der Waals surface area (Å²) in [7, 11) is 1.61. The van der Waals surface area contributed by atoms with Crippen LogP contribution in [-0.4, -0.2) is 12.1 Å². The highest BCUT2D eigenvalue weighted by Gasteiger charge is 2.03. The maximum Gasteiger partial charge on any atom is 0.166 e. The summed E-state index contributed by atoms with van der Waals surface area (Å²) in [6, 6.07) is 1.80. The Morgan fingerprint density at radius 3 is 3.27 bits per heavy atom. The minimum absolute atomic E-state index is 0.730. The second kappa shape index (κ2) is 2.27. The van der Waals surface area contributed by atoms with Crippen LogP contribution >= 0.6 is 0 Å². The third-order valence-corrected chi connectivity index (χ3v) is 1.56. The quantitative estimate of drug-likeness (QED) is 0.620. The van der Waals surface area contributed by atoms with Gasteiger partial charge in [-0.3, -0.25) is 4.98 Å². The van der Waals surface area contributed by atoms with Gasteiger partial charge in [-0.2, -0.15) is 0 Å². The van der Waals surface area contributed by atoms with Crippen LogP contribution in [-0.2, 0) is 0 Å². The van der Waals surface area contributed by atoms with Crippen LogP contribution in [0.3, 0.4) is 0 Å². The number of nitrogens with zero attached hydrogens (tertiary/aromatic N) is 1. The van der Waals surface area contributed by atoms with Crippen molar-refractivity contribution in [2.24, 2.45) is 0 Å². The molecule has 2 heterocycles. The molecular formula is C8H7NO2. The lowest BCUT2D eigenvalue weighted by molar-refractivity contribution is 0.410. The number of methoxy groups -OCH3 is 1. The molecule has 0 amide bonds. The van der Waals surface area contributed by atoms with Crippen molar-refractivity contribution in [1.29, 1.82) is 0 Å². The molecule has 0 saturated heterocycles. The van der Waals surface area contributed by atoms with Gasteiger partial charge in [-0.15, -0.1) is 0 Å². The number of hydrogen-bond donors (Lipinski definition) is 0. The van der Waals surface area contributed by atoms with Crippen LogP contribution in [0.1, 0.15) is 0 Å². The molecule has 0 bridgehead atoms. The number of rotatable bonds is 1. The predicted molar refractivity (Wildman–Crippen MR) is 40.6 cm³/mol. The smallest absolute Gasteiger partial charge is 0.166 e. The molecule has 0 spiro atoms. The molecule has 0 saturated carbocycles. The summed E-state index contributed by atoms with van der Waals surface area (Å²) in [5.74, 6) is 0.730. The molecule has 0 aromatic carbocycles. The lowest BCUT2D eigenvalue weighted by Gasteiger charge is -1.91. The van der Waals surface area contributed by atoms with Gasteiger partial charge in [-0.05, 0) is 6.07 Å². The Bertz CT molecular complexity index is 367. The van der Waals surface area contributed by atoms with Gasteiger partial charge < -0.3 is 9.15 Å². The lowest BCUT2D eigenvalue weighted by atomic mass is 10.3. The maximum atomic E-state index is 5.17. The molecule has 2 rings (SSSR count). The van der Waals surface area contributed by atoms with E-state index in [0.29, 0.717) is 0 Å². The molecule has 0 radical (unpaired) electrons. The van der Waals surface area contributed by atoms with E-state index in [4.69, 9.17) is 9.15 Å². The van der Waals surface area contributed by atoms with Crippen LogP contribution < -0.4 is 4.74 Å². The van der Waals surface area contributed by atoms with Crippen molar-refractivity contribution >= 4 is 11.0 Å². The van der Waals surface area contributed by atoms with Gasteiger partial charge >= 0.3 is 0 Å². The zero-order valence-corrected chi connectivity index (χ0v) is 6.07. The van der Waals surface area contributed by atoms with E-state index in [2.05, 4.69) is 4.98 Å². The average molecular weight is 149 g/mol. The van der Waals surface area contributed by atoms with Crippen LogP contribution in [0.15, 0.2) is 29.1 Å². The molecule has 0 unspecified atom stereocenters. The van der Waals surface area contributed by atoms with Gasteiger partial charge in [0.1, 0.15) is 11.8 Å². The van der Waals surface area contributed by atoms with Crippen LogP contribution in [0, 0.1) is 0 Å². The summed E-state index contributed by atoms with van der Waals surface area (Å²) in [5.41, 5.74) is 0.803. The lowest BCUT2D eigenvalue weighted by Crippen LogP contribution is -1.78. The van der Waals surface area contributed by atoms with Crippen molar-refractivity contribution in [3.05, 3.63) is 24.7 Å². The molecule has 0 fully saturated rings. The van der Waals surface area contributed by atoms with Crippen molar-refractivity contribution in [3.63, 3.8) is 0 Å². The van der Waals surface area contributed by atoms with E-state index in [0.717, 1.165) is 16.7 Å². The van der Waals surface area contributed by atoms with Gasteiger partial charge in [0.2, 0.25) is 0 Å². The van der Waals surface area contributed by atoms with E-state index in [1.807, 2.05) is 0 Å². The van der Waals surface area contributed by atoms with E-state index < -0.39 is 0 Å². The van der Waals surface area contributed by atoms with Gasteiger partial charge in [0.15, 0.2) is 5.75 Å². The first-order valence-electron chi connectivity index (χ1n) is 3.27. The fourth-order valence-electron chi connectivity index (χ4n) is 1.01. The predicted octanol–water partition coefficient (Wildman–Crippen LogP) is 1.84. The van der Waals surface area contributed by atoms with E-state index in [9.17, 15) is 0 Å². The molecule has 0 N–H and O–H groups in total. The molecule has 2 aromatic heterocycles. The molecule has 0 aliphatic rings. The number of ether oxygens (including phenoxy) is 1.